The zero-order valence-corrected chi connectivity index (χ0v) is 12.3. The molecule has 0 aromatic heterocycles. The van der Waals surface area contributed by atoms with Crippen LogP contribution in [-0.2, 0) is 0 Å². The van der Waals surface area contributed by atoms with Crippen LogP contribution in [0.2, 0.25) is 5.02 Å². The van der Waals surface area contributed by atoms with Crippen LogP contribution in [0.4, 0.5) is 11.4 Å². The SMILES string of the molecule is CC(C)N(C)CCCCNc1cc(Cl)ccc1N. The number of unbranched alkanes of at least 4 members (excludes halogenated alkanes) is 1. The van der Waals surface area contributed by atoms with Gasteiger partial charge in [-0.15, -0.1) is 0 Å². The molecule has 0 saturated carbocycles. The molecule has 1 aromatic carbocycles. The lowest BCUT2D eigenvalue weighted by atomic mass is 10.2. The molecule has 0 fully saturated rings. The first kappa shape index (κ1) is 15.1. The topological polar surface area (TPSA) is 41.3 Å². The molecule has 0 heterocycles. The molecule has 4 heteroatoms. The third-order valence-corrected chi connectivity index (χ3v) is 3.39. The van der Waals surface area contributed by atoms with Crippen LogP contribution in [0, 0.1) is 0 Å². The molecule has 3 nitrogen and oxygen atoms in total. The molecule has 1 rings (SSSR count). The predicted molar refractivity (Wildman–Crippen MR) is 81.4 cm³/mol. The quantitative estimate of drug-likeness (QED) is 0.588. The lowest BCUT2D eigenvalue weighted by Crippen LogP contribution is -2.27. The molecule has 3 N–H and O–H groups in total. The van der Waals surface area contributed by atoms with E-state index < -0.39 is 0 Å². The summed E-state index contributed by atoms with van der Waals surface area (Å²) >= 11 is 5.93. The van der Waals surface area contributed by atoms with Crippen LogP contribution in [0.3, 0.4) is 0 Å². The smallest absolute Gasteiger partial charge is 0.0588 e. The number of nitrogen functional groups attached to an aromatic ring is 1. The summed E-state index contributed by atoms with van der Waals surface area (Å²) in [5.74, 6) is 0. The maximum absolute atomic E-state index is 5.93. The largest absolute Gasteiger partial charge is 0.397 e. The van der Waals surface area contributed by atoms with Gasteiger partial charge in [0.2, 0.25) is 0 Å². The average molecular weight is 270 g/mol. The highest BCUT2D eigenvalue weighted by Gasteiger charge is 2.02. The van der Waals surface area contributed by atoms with Crippen molar-refractivity contribution >= 4 is 23.0 Å². The van der Waals surface area contributed by atoms with Gasteiger partial charge in [-0.3, -0.25) is 0 Å². The van der Waals surface area contributed by atoms with E-state index in [2.05, 4.69) is 31.1 Å². The summed E-state index contributed by atoms with van der Waals surface area (Å²) in [7, 11) is 2.16. The van der Waals surface area contributed by atoms with Crippen LogP contribution in [0.5, 0.6) is 0 Å². The Hall–Kier alpha value is -0.930. The van der Waals surface area contributed by atoms with Gasteiger partial charge in [0.15, 0.2) is 0 Å². The normalized spacial score (nSPS) is 11.2. The van der Waals surface area contributed by atoms with Gasteiger partial charge in [0, 0.05) is 17.6 Å². The van der Waals surface area contributed by atoms with E-state index in [9.17, 15) is 0 Å². The number of benzene rings is 1. The highest BCUT2D eigenvalue weighted by atomic mass is 35.5. The van der Waals surface area contributed by atoms with Gasteiger partial charge >= 0.3 is 0 Å². The maximum atomic E-state index is 5.93. The van der Waals surface area contributed by atoms with Crippen molar-refractivity contribution in [3.63, 3.8) is 0 Å². The van der Waals surface area contributed by atoms with E-state index in [1.165, 1.54) is 6.42 Å². The van der Waals surface area contributed by atoms with Gasteiger partial charge in [0.05, 0.1) is 11.4 Å². The van der Waals surface area contributed by atoms with Crippen LogP contribution in [0.15, 0.2) is 18.2 Å². The summed E-state index contributed by atoms with van der Waals surface area (Å²) in [5.41, 5.74) is 7.54. The molecule has 0 aliphatic heterocycles. The van der Waals surface area contributed by atoms with E-state index >= 15 is 0 Å². The van der Waals surface area contributed by atoms with E-state index in [0.29, 0.717) is 11.1 Å². The van der Waals surface area contributed by atoms with Crippen LogP contribution in [0.1, 0.15) is 26.7 Å². The first-order valence-corrected chi connectivity index (χ1v) is 6.87. The second-order valence-corrected chi connectivity index (χ2v) is 5.38. The first-order valence-electron chi connectivity index (χ1n) is 6.50. The van der Waals surface area contributed by atoms with Crippen molar-refractivity contribution in [2.45, 2.75) is 32.7 Å². The maximum Gasteiger partial charge on any atom is 0.0588 e. The fraction of sp³-hybridized carbons (Fsp3) is 0.571. The van der Waals surface area contributed by atoms with E-state index in [1.54, 1.807) is 6.07 Å². The van der Waals surface area contributed by atoms with Crippen molar-refractivity contribution < 1.29 is 0 Å². The third-order valence-electron chi connectivity index (χ3n) is 3.15. The Labute approximate surface area is 115 Å². The first-order chi connectivity index (χ1) is 8.50. The Morgan fingerprint density at radius 3 is 2.72 bits per heavy atom. The standard InChI is InChI=1S/C14H24ClN3/c1-11(2)18(3)9-5-4-8-17-14-10-12(15)6-7-13(14)16/h6-7,10-11,17H,4-5,8-9,16H2,1-3H3. The van der Waals surface area contributed by atoms with Crippen molar-refractivity contribution in [1.82, 2.24) is 4.90 Å². The Balaban J connectivity index is 2.24. The minimum absolute atomic E-state index is 0.613. The van der Waals surface area contributed by atoms with Crippen molar-refractivity contribution in [3.8, 4) is 0 Å². The van der Waals surface area contributed by atoms with Gasteiger partial charge in [0.1, 0.15) is 0 Å². The molecule has 0 unspecified atom stereocenters. The van der Waals surface area contributed by atoms with E-state index in [0.717, 1.165) is 30.9 Å². The van der Waals surface area contributed by atoms with Gasteiger partial charge in [-0.25, -0.2) is 0 Å². The van der Waals surface area contributed by atoms with Crippen molar-refractivity contribution in [2.75, 3.05) is 31.2 Å². The number of hydrogen-bond donors (Lipinski definition) is 2. The molecule has 0 bridgehead atoms. The zero-order chi connectivity index (χ0) is 13.5. The molecule has 0 aliphatic rings. The summed E-state index contributed by atoms with van der Waals surface area (Å²) < 4.78 is 0. The van der Waals surface area contributed by atoms with E-state index in [1.807, 2.05) is 12.1 Å². The molecule has 18 heavy (non-hydrogen) atoms. The van der Waals surface area contributed by atoms with Crippen LogP contribution >= 0.6 is 11.6 Å². The fourth-order valence-corrected chi connectivity index (χ4v) is 1.82. The molecule has 0 spiro atoms. The van der Waals surface area contributed by atoms with Crippen molar-refractivity contribution in [3.05, 3.63) is 23.2 Å². The summed E-state index contributed by atoms with van der Waals surface area (Å²) in [5, 5.41) is 4.04. The Morgan fingerprint density at radius 1 is 1.33 bits per heavy atom. The summed E-state index contributed by atoms with van der Waals surface area (Å²) in [6.45, 7) is 6.48. The molecular formula is C14H24ClN3. The molecule has 0 atom stereocenters. The van der Waals surface area contributed by atoms with Gasteiger partial charge in [0.25, 0.3) is 0 Å². The second kappa shape index (κ2) is 7.49. The van der Waals surface area contributed by atoms with E-state index in [-0.39, 0.29) is 0 Å². The number of nitrogens with zero attached hydrogens (tertiary/aromatic N) is 1. The second-order valence-electron chi connectivity index (χ2n) is 4.94. The molecule has 0 radical (unpaired) electrons. The van der Waals surface area contributed by atoms with Gasteiger partial charge in [-0.1, -0.05) is 11.6 Å². The Bertz CT molecular complexity index is 366. The highest BCUT2D eigenvalue weighted by molar-refractivity contribution is 6.31. The number of nitrogens with two attached hydrogens (primary N) is 1. The Morgan fingerprint density at radius 2 is 2.06 bits per heavy atom. The minimum atomic E-state index is 0.613. The molecule has 0 amide bonds. The van der Waals surface area contributed by atoms with Crippen LogP contribution < -0.4 is 11.1 Å². The third kappa shape index (κ3) is 5.15. The number of anilines is 2. The minimum Gasteiger partial charge on any atom is -0.397 e. The van der Waals surface area contributed by atoms with Gasteiger partial charge < -0.3 is 16.0 Å². The van der Waals surface area contributed by atoms with Crippen molar-refractivity contribution in [2.24, 2.45) is 0 Å². The van der Waals surface area contributed by atoms with Crippen LogP contribution in [-0.4, -0.2) is 31.1 Å². The summed E-state index contributed by atoms with van der Waals surface area (Å²) in [6.07, 6.45) is 2.31. The molecule has 0 aliphatic carbocycles. The zero-order valence-electron chi connectivity index (χ0n) is 11.5. The summed E-state index contributed by atoms with van der Waals surface area (Å²) in [4.78, 5) is 2.35. The fourth-order valence-electron chi connectivity index (χ4n) is 1.65. The van der Waals surface area contributed by atoms with Gasteiger partial charge in [-0.2, -0.15) is 0 Å². The monoisotopic (exact) mass is 269 g/mol. The molecular weight excluding hydrogens is 246 g/mol. The number of hydrogen-bond acceptors (Lipinski definition) is 3. The Kier molecular flexibility index (Phi) is 6.30. The van der Waals surface area contributed by atoms with Gasteiger partial charge in [-0.05, 0) is 58.5 Å². The number of nitrogens with one attached hydrogen (secondary N) is 1. The molecule has 0 saturated heterocycles. The predicted octanol–water partition coefficient (Wildman–Crippen LogP) is 3.45. The lowest BCUT2D eigenvalue weighted by molar-refractivity contribution is 0.269. The lowest BCUT2D eigenvalue weighted by Gasteiger charge is -2.20. The van der Waals surface area contributed by atoms with Crippen molar-refractivity contribution in [1.29, 1.82) is 0 Å². The summed E-state index contributed by atoms with van der Waals surface area (Å²) in [6, 6.07) is 6.12. The van der Waals surface area contributed by atoms with Crippen LogP contribution in [0.25, 0.3) is 0 Å². The molecule has 102 valence electrons. The van der Waals surface area contributed by atoms with E-state index in [4.69, 9.17) is 17.3 Å². The average Bonchev–Trinajstić information content (AvgIpc) is 2.32. The highest BCUT2D eigenvalue weighted by Crippen LogP contribution is 2.22. The molecule has 1 aromatic rings. The number of halogens is 1. The number of rotatable bonds is 7.